The van der Waals surface area contributed by atoms with Crippen LogP contribution in [0.25, 0.3) is 6.08 Å². The summed E-state index contributed by atoms with van der Waals surface area (Å²) in [6, 6.07) is 6.17. The first kappa shape index (κ1) is 16.8. The summed E-state index contributed by atoms with van der Waals surface area (Å²) in [7, 11) is 2.04. The third kappa shape index (κ3) is 4.37. The van der Waals surface area contributed by atoms with Crippen molar-refractivity contribution in [3.05, 3.63) is 34.3 Å². The number of rotatable bonds is 4. The second-order valence-electron chi connectivity index (χ2n) is 6.03. The molecule has 1 atom stereocenters. The van der Waals surface area contributed by atoms with Crippen molar-refractivity contribution in [3.8, 4) is 0 Å². The molecule has 0 fully saturated rings. The van der Waals surface area contributed by atoms with E-state index in [0.29, 0.717) is 6.04 Å². The van der Waals surface area contributed by atoms with Crippen molar-refractivity contribution in [2.24, 2.45) is 5.41 Å². The Labute approximate surface area is 129 Å². The van der Waals surface area contributed by atoms with Crippen LogP contribution >= 0.6 is 15.9 Å². The lowest BCUT2D eigenvalue weighted by Crippen LogP contribution is -2.39. The molecule has 0 bridgehead atoms. The van der Waals surface area contributed by atoms with E-state index in [0.717, 1.165) is 15.7 Å². The number of benzene rings is 1. The van der Waals surface area contributed by atoms with Gasteiger partial charge in [-0.3, -0.25) is 0 Å². The van der Waals surface area contributed by atoms with Crippen LogP contribution < -0.4 is 4.90 Å². The Hall–Kier alpha value is -1.29. The molecule has 1 aromatic carbocycles. The van der Waals surface area contributed by atoms with E-state index in [1.165, 1.54) is 6.08 Å². The summed E-state index contributed by atoms with van der Waals surface area (Å²) in [6.45, 7) is 8.75. The Morgan fingerprint density at radius 1 is 1.40 bits per heavy atom. The fraction of sp³-hybridized carbons (Fsp3) is 0.438. The highest BCUT2D eigenvalue weighted by molar-refractivity contribution is 9.10. The zero-order chi connectivity index (χ0) is 15.5. The van der Waals surface area contributed by atoms with Crippen LogP contribution in [0.5, 0.6) is 0 Å². The lowest BCUT2D eigenvalue weighted by atomic mass is 9.86. The molecule has 0 aliphatic heterocycles. The molecule has 0 heterocycles. The van der Waals surface area contributed by atoms with E-state index in [9.17, 15) is 4.79 Å². The topological polar surface area (TPSA) is 40.5 Å². The van der Waals surface area contributed by atoms with E-state index in [-0.39, 0.29) is 5.41 Å². The van der Waals surface area contributed by atoms with Crippen molar-refractivity contribution >= 4 is 33.7 Å². The highest BCUT2D eigenvalue weighted by atomic mass is 79.9. The minimum Gasteiger partial charge on any atom is -0.478 e. The van der Waals surface area contributed by atoms with E-state index in [4.69, 9.17) is 5.11 Å². The molecular weight excluding hydrogens is 318 g/mol. The van der Waals surface area contributed by atoms with Crippen molar-refractivity contribution in [3.63, 3.8) is 0 Å². The van der Waals surface area contributed by atoms with Crippen LogP contribution in [0.1, 0.15) is 33.3 Å². The standard InChI is InChI=1S/C16H22BrNO2/c1-11(16(2,3)4)18(5)14-10-13(17)8-6-12(14)7-9-15(19)20/h6-11H,1-5H3,(H,19,20). The minimum absolute atomic E-state index is 0.130. The predicted molar refractivity (Wildman–Crippen MR) is 88.1 cm³/mol. The molecule has 3 nitrogen and oxygen atoms in total. The Balaban J connectivity index is 3.21. The molecule has 20 heavy (non-hydrogen) atoms. The summed E-state index contributed by atoms with van der Waals surface area (Å²) in [4.78, 5) is 12.9. The van der Waals surface area contributed by atoms with E-state index < -0.39 is 5.97 Å². The number of aliphatic carboxylic acids is 1. The van der Waals surface area contributed by atoms with Crippen LogP contribution in [0.4, 0.5) is 5.69 Å². The largest absolute Gasteiger partial charge is 0.478 e. The predicted octanol–water partition coefficient (Wildman–Crippen LogP) is 4.42. The van der Waals surface area contributed by atoms with Gasteiger partial charge >= 0.3 is 5.97 Å². The molecule has 4 heteroatoms. The van der Waals surface area contributed by atoms with Gasteiger partial charge in [-0.2, -0.15) is 0 Å². The van der Waals surface area contributed by atoms with Crippen LogP contribution in [-0.4, -0.2) is 24.2 Å². The second kappa shape index (κ2) is 6.44. The van der Waals surface area contributed by atoms with Crippen molar-refractivity contribution in [1.29, 1.82) is 0 Å². The molecule has 0 aliphatic rings. The molecule has 0 aromatic heterocycles. The molecule has 0 saturated heterocycles. The number of nitrogens with zero attached hydrogens (tertiary/aromatic N) is 1. The first-order valence-corrected chi connectivity index (χ1v) is 7.35. The van der Waals surface area contributed by atoms with Gasteiger partial charge in [0.05, 0.1) is 0 Å². The van der Waals surface area contributed by atoms with Crippen LogP contribution in [-0.2, 0) is 4.79 Å². The number of carboxylic acids is 1. The van der Waals surface area contributed by atoms with E-state index in [1.54, 1.807) is 6.08 Å². The molecule has 1 N–H and O–H groups in total. The third-order valence-corrected chi connectivity index (χ3v) is 4.11. The molecule has 0 amide bonds. The van der Waals surface area contributed by atoms with Crippen molar-refractivity contribution in [1.82, 2.24) is 0 Å². The monoisotopic (exact) mass is 339 g/mol. The Bertz CT molecular complexity index is 518. The minimum atomic E-state index is -0.939. The summed E-state index contributed by atoms with van der Waals surface area (Å²) in [6.07, 6.45) is 2.80. The van der Waals surface area contributed by atoms with Crippen LogP contribution in [0.2, 0.25) is 0 Å². The van der Waals surface area contributed by atoms with E-state index in [2.05, 4.69) is 48.5 Å². The second-order valence-corrected chi connectivity index (χ2v) is 6.94. The van der Waals surface area contributed by atoms with Gasteiger partial charge in [0.15, 0.2) is 0 Å². The lowest BCUT2D eigenvalue weighted by Gasteiger charge is -2.37. The Kier molecular flexibility index (Phi) is 5.40. The fourth-order valence-electron chi connectivity index (χ4n) is 1.91. The smallest absolute Gasteiger partial charge is 0.328 e. The first-order valence-electron chi connectivity index (χ1n) is 6.56. The molecule has 0 saturated carbocycles. The van der Waals surface area contributed by atoms with Crippen LogP contribution in [0.3, 0.4) is 0 Å². The number of hydrogen-bond donors (Lipinski definition) is 1. The summed E-state index contributed by atoms with van der Waals surface area (Å²) >= 11 is 3.48. The van der Waals surface area contributed by atoms with Gasteiger partial charge in [0.2, 0.25) is 0 Å². The number of carbonyl (C=O) groups is 1. The molecule has 110 valence electrons. The normalized spacial score (nSPS) is 13.5. The van der Waals surface area contributed by atoms with Crippen molar-refractivity contribution in [2.45, 2.75) is 33.7 Å². The SMILES string of the molecule is CC(N(C)c1cc(Br)ccc1C=CC(=O)O)C(C)(C)C. The Morgan fingerprint density at radius 3 is 2.50 bits per heavy atom. The fourth-order valence-corrected chi connectivity index (χ4v) is 2.26. The van der Waals surface area contributed by atoms with Gasteiger partial charge in [0.25, 0.3) is 0 Å². The molecule has 1 unspecified atom stereocenters. The van der Waals surface area contributed by atoms with Gasteiger partial charge in [0, 0.05) is 29.3 Å². The molecule has 0 spiro atoms. The number of anilines is 1. The van der Waals surface area contributed by atoms with Gasteiger partial charge in [-0.25, -0.2) is 4.79 Å². The average Bonchev–Trinajstić information content (AvgIpc) is 2.34. The van der Waals surface area contributed by atoms with E-state index in [1.807, 2.05) is 25.2 Å². The summed E-state index contributed by atoms with van der Waals surface area (Å²) < 4.78 is 0.980. The van der Waals surface area contributed by atoms with Crippen LogP contribution in [0.15, 0.2) is 28.7 Å². The Morgan fingerprint density at radius 2 is 2.00 bits per heavy atom. The molecule has 1 aromatic rings. The van der Waals surface area contributed by atoms with Gasteiger partial charge in [0.1, 0.15) is 0 Å². The molecule has 0 aliphatic carbocycles. The maximum absolute atomic E-state index is 10.7. The highest BCUT2D eigenvalue weighted by Gasteiger charge is 2.25. The van der Waals surface area contributed by atoms with Crippen LogP contribution in [0, 0.1) is 5.41 Å². The number of carboxylic acid groups (broad SMARTS) is 1. The van der Waals surface area contributed by atoms with Crippen molar-refractivity contribution in [2.75, 3.05) is 11.9 Å². The van der Waals surface area contributed by atoms with Gasteiger partial charge in [-0.05, 0) is 36.1 Å². The zero-order valence-corrected chi connectivity index (χ0v) is 14.2. The number of halogens is 1. The van der Waals surface area contributed by atoms with Gasteiger partial charge in [-0.15, -0.1) is 0 Å². The lowest BCUT2D eigenvalue weighted by molar-refractivity contribution is -0.131. The maximum Gasteiger partial charge on any atom is 0.328 e. The molecular formula is C16H22BrNO2. The third-order valence-electron chi connectivity index (χ3n) is 3.61. The summed E-state index contributed by atoms with van der Waals surface area (Å²) in [5, 5.41) is 8.79. The number of hydrogen-bond acceptors (Lipinski definition) is 2. The zero-order valence-electron chi connectivity index (χ0n) is 12.6. The van der Waals surface area contributed by atoms with Gasteiger partial charge < -0.3 is 10.0 Å². The maximum atomic E-state index is 10.7. The van der Waals surface area contributed by atoms with Crippen molar-refractivity contribution < 1.29 is 9.90 Å². The summed E-state index contributed by atoms with van der Waals surface area (Å²) in [5.74, 6) is -0.939. The summed E-state index contributed by atoms with van der Waals surface area (Å²) in [5.41, 5.74) is 2.04. The highest BCUT2D eigenvalue weighted by Crippen LogP contribution is 2.32. The first-order chi connectivity index (χ1) is 9.12. The molecule has 1 rings (SSSR count). The molecule has 0 radical (unpaired) electrons. The van der Waals surface area contributed by atoms with Gasteiger partial charge in [-0.1, -0.05) is 42.8 Å². The average molecular weight is 340 g/mol. The quantitative estimate of drug-likeness (QED) is 0.825. The van der Waals surface area contributed by atoms with E-state index >= 15 is 0 Å².